The first-order chi connectivity index (χ1) is 8.95. The van der Waals surface area contributed by atoms with Crippen LogP contribution < -0.4 is 5.32 Å². The molecule has 1 saturated carbocycles. The van der Waals surface area contributed by atoms with Crippen LogP contribution in [-0.2, 0) is 9.59 Å². The predicted octanol–water partition coefficient (Wildman–Crippen LogP) is 2.96. The molecule has 0 bridgehead atoms. The molecule has 2 N–H and O–H groups in total. The number of carboxylic acid groups (broad SMARTS) is 1. The van der Waals surface area contributed by atoms with Crippen molar-refractivity contribution in [1.29, 1.82) is 0 Å². The fourth-order valence-corrected chi connectivity index (χ4v) is 3.07. The second-order valence-electron chi connectivity index (χ2n) is 5.87. The Labute approximate surface area is 116 Å². The van der Waals surface area contributed by atoms with E-state index in [2.05, 4.69) is 5.32 Å². The van der Waals surface area contributed by atoms with Gasteiger partial charge in [0.1, 0.15) is 0 Å². The van der Waals surface area contributed by atoms with Crippen molar-refractivity contribution in [2.75, 3.05) is 0 Å². The molecule has 0 aromatic heterocycles. The third kappa shape index (κ3) is 3.95. The summed E-state index contributed by atoms with van der Waals surface area (Å²) in [7, 11) is 0. The van der Waals surface area contributed by atoms with E-state index in [1.807, 2.05) is 20.8 Å². The van der Waals surface area contributed by atoms with Gasteiger partial charge >= 0.3 is 5.97 Å². The minimum absolute atomic E-state index is 0.0897. The lowest BCUT2D eigenvalue weighted by molar-refractivity contribution is -0.152. The van der Waals surface area contributed by atoms with Crippen LogP contribution in [0.1, 0.15) is 65.7 Å². The highest BCUT2D eigenvalue weighted by Gasteiger charge is 2.37. The van der Waals surface area contributed by atoms with E-state index in [4.69, 9.17) is 0 Å². The second kappa shape index (κ2) is 6.92. The summed E-state index contributed by atoms with van der Waals surface area (Å²) < 4.78 is 0. The Balaban J connectivity index is 2.55. The van der Waals surface area contributed by atoms with Gasteiger partial charge in [-0.15, -0.1) is 0 Å². The zero-order valence-corrected chi connectivity index (χ0v) is 12.4. The lowest BCUT2D eigenvalue weighted by atomic mass is 9.79. The number of hydrogen-bond acceptors (Lipinski definition) is 2. The van der Waals surface area contributed by atoms with Gasteiger partial charge < -0.3 is 10.4 Å². The maximum Gasteiger partial charge on any atom is 0.310 e. The number of amides is 1. The van der Waals surface area contributed by atoms with Crippen molar-refractivity contribution < 1.29 is 14.7 Å². The summed E-state index contributed by atoms with van der Waals surface area (Å²) in [6, 6.07) is 0.162. The zero-order chi connectivity index (χ0) is 14.5. The summed E-state index contributed by atoms with van der Waals surface area (Å²) in [4.78, 5) is 23.5. The Morgan fingerprint density at radius 3 is 2.21 bits per heavy atom. The summed E-state index contributed by atoms with van der Waals surface area (Å²) in [5, 5.41) is 12.3. The van der Waals surface area contributed by atoms with Gasteiger partial charge in [0.15, 0.2) is 0 Å². The Bertz CT molecular complexity index is 317. The standard InChI is InChI=1S/C15H27NO3/c1-4-15(5-2,14(18)19)10-13(17)16-11(3)12-8-6-7-9-12/h11-12H,4-10H2,1-3H3,(H,16,17)(H,18,19)/t11-/m0/s1. The SMILES string of the molecule is CCC(CC)(CC(=O)N[C@@H](C)C1CCCC1)C(=O)O. The van der Waals surface area contributed by atoms with E-state index in [0.717, 1.165) is 0 Å². The van der Waals surface area contributed by atoms with E-state index in [9.17, 15) is 14.7 Å². The minimum Gasteiger partial charge on any atom is -0.481 e. The molecule has 4 nitrogen and oxygen atoms in total. The molecular weight excluding hydrogens is 242 g/mol. The molecule has 4 heteroatoms. The molecule has 1 fully saturated rings. The van der Waals surface area contributed by atoms with E-state index in [1.54, 1.807) is 0 Å². The maximum atomic E-state index is 12.1. The second-order valence-corrected chi connectivity index (χ2v) is 5.87. The highest BCUT2D eigenvalue weighted by atomic mass is 16.4. The average molecular weight is 269 g/mol. The van der Waals surface area contributed by atoms with E-state index < -0.39 is 11.4 Å². The highest BCUT2D eigenvalue weighted by Crippen LogP contribution is 2.32. The summed E-state index contributed by atoms with van der Waals surface area (Å²) in [5.41, 5.74) is -0.903. The van der Waals surface area contributed by atoms with Gasteiger partial charge in [-0.2, -0.15) is 0 Å². The van der Waals surface area contributed by atoms with Crippen molar-refractivity contribution in [1.82, 2.24) is 5.32 Å². The van der Waals surface area contributed by atoms with Crippen LogP contribution in [0.3, 0.4) is 0 Å². The topological polar surface area (TPSA) is 66.4 Å². The Morgan fingerprint density at radius 2 is 1.79 bits per heavy atom. The van der Waals surface area contributed by atoms with Crippen LogP contribution in [0.5, 0.6) is 0 Å². The summed E-state index contributed by atoms with van der Waals surface area (Å²) in [6.45, 7) is 5.71. The Hall–Kier alpha value is -1.06. The molecule has 1 amide bonds. The fourth-order valence-electron chi connectivity index (χ4n) is 3.07. The van der Waals surface area contributed by atoms with Gasteiger partial charge in [0, 0.05) is 12.5 Å². The molecule has 0 radical (unpaired) electrons. The zero-order valence-electron chi connectivity index (χ0n) is 12.4. The van der Waals surface area contributed by atoms with Crippen molar-refractivity contribution in [3.63, 3.8) is 0 Å². The van der Waals surface area contributed by atoms with E-state index in [0.29, 0.717) is 18.8 Å². The summed E-state index contributed by atoms with van der Waals surface area (Å²) >= 11 is 0. The largest absolute Gasteiger partial charge is 0.481 e. The van der Waals surface area contributed by atoms with E-state index in [1.165, 1.54) is 25.7 Å². The van der Waals surface area contributed by atoms with E-state index >= 15 is 0 Å². The quantitative estimate of drug-likeness (QED) is 0.746. The number of rotatable bonds is 7. The predicted molar refractivity (Wildman–Crippen MR) is 74.8 cm³/mol. The fraction of sp³-hybridized carbons (Fsp3) is 0.867. The van der Waals surface area contributed by atoms with Crippen molar-refractivity contribution >= 4 is 11.9 Å². The molecule has 0 unspecified atom stereocenters. The maximum absolute atomic E-state index is 12.1. The lowest BCUT2D eigenvalue weighted by Gasteiger charge is -2.28. The number of carbonyl (C=O) groups excluding carboxylic acids is 1. The van der Waals surface area contributed by atoms with Crippen LogP contribution in [0.15, 0.2) is 0 Å². The summed E-state index contributed by atoms with van der Waals surface area (Å²) in [5.74, 6) is -0.418. The first kappa shape index (κ1) is 16.0. The van der Waals surface area contributed by atoms with Crippen molar-refractivity contribution in [2.45, 2.75) is 71.8 Å². The normalized spacial score (nSPS) is 18.3. The smallest absolute Gasteiger partial charge is 0.310 e. The van der Waals surface area contributed by atoms with Gasteiger partial charge in [-0.05, 0) is 38.5 Å². The molecule has 1 atom stereocenters. The minimum atomic E-state index is -0.903. The van der Waals surface area contributed by atoms with Crippen molar-refractivity contribution in [2.24, 2.45) is 11.3 Å². The third-order valence-corrected chi connectivity index (χ3v) is 4.80. The van der Waals surface area contributed by atoms with Crippen LogP contribution >= 0.6 is 0 Å². The molecule has 1 aliphatic rings. The van der Waals surface area contributed by atoms with Gasteiger partial charge in [-0.1, -0.05) is 26.7 Å². The lowest BCUT2D eigenvalue weighted by Crippen LogP contribution is -2.42. The highest BCUT2D eigenvalue weighted by molar-refractivity contribution is 5.85. The van der Waals surface area contributed by atoms with Crippen molar-refractivity contribution in [3.05, 3.63) is 0 Å². The average Bonchev–Trinajstić information content (AvgIpc) is 2.89. The molecule has 0 aromatic carbocycles. The summed E-state index contributed by atoms with van der Waals surface area (Å²) in [6.07, 6.45) is 5.91. The molecule has 0 saturated heterocycles. The molecule has 0 heterocycles. The molecule has 19 heavy (non-hydrogen) atoms. The molecule has 0 aromatic rings. The molecule has 1 aliphatic carbocycles. The molecule has 0 aliphatic heterocycles. The van der Waals surface area contributed by atoms with E-state index in [-0.39, 0.29) is 18.4 Å². The molecule has 0 spiro atoms. The number of carboxylic acids is 1. The van der Waals surface area contributed by atoms with Crippen LogP contribution in [0.4, 0.5) is 0 Å². The van der Waals surface area contributed by atoms with Gasteiger partial charge in [-0.3, -0.25) is 9.59 Å². The number of nitrogens with one attached hydrogen (secondary N) is 1. The number of hydrogen-bond donors (Lipinski definition) is 2. The van der Waals surface area contributed by atoms with Crippen molar-refractivity contribution in [3.8, 4) is 0 Å². The molecule has 1 rings (SSSR count). The number of aliphatic carboxylic acids is 1. The van der Waals surface area contributed by atoms with Crippen LogP contribution in [-0.4, -0.2) is 23.0 Å². The van der Waals surface area contributed by atoms with Gasteiger partial charge in [0.05, 0.1) is 5.41 Å². The monoisotopic (exact) mass is 269 g/mol. The Morgan fingerprint density at radius 1 is 1.26 bits per heavy atom. The van der Waals surface area contributed by atoms with Gasteiger partial charge in [0.25, 0.3) is 0 Å². The Kier molecular flexibility index (Phi) is 5.83. The van der Waals surface area contributed by atoms with Crippen LogP contribution in [0.25, 0.3) is 0 Å². The van der Waals surface area contributed by atoms with Gasteiger partial charge in [0.2, 0.25) is 5.91 Å². The van der Waals surface area contributed by atoms with Crippen LogP contribution in [0.2, 0.25) is 0 Å². The van der Waals surface area contributed by atoms with Gasteiger partial charge in [-0.25, -0.2) is 0 Å². The molecular formula is C15H27NO3. The first-order valence-corrected chi connectivity index (χ1v) is 7.48. The third-order valence-electron chi connectivity index (χ3n) is 4.80. The van der Waals surface area contributed by atoms with Crippen LogP contribution in [0, 0.1) is 11.3 Å². The first-order valence-electron chi connectivity index (χ1n) is 7.48. The number of carbonyl (C=O) groups is 2. The molecule has 110 valence electrons.